The second-order valence-electron chi connectivity index (χ2n) is 17.5. The van der Waals surface area contributed by atoms with Crippen LogP contribution in [0, 0.1) is 27.7 Å². The predicted molar refractivity (Wildman–Crippen MR) is 275 cm³/mol. The van der Waals surface area contributed by atoms with Crippen molar-refractivity contribution in [1.82, 2.24) is 0 Å². The first-order valence-electron chi connectivity index (χ1n) is 22.6. The van der Waals surface area contributed by atoms with Gasteiger partial charge in [0.15, 0.2) is 11.5 Å². The van der Waals surface area contributed by atoms with E-state index in [-0.39, 0.29) is 88.2 Å². The topological polar surface area (TPSA) is 300 Å². The summed E-state index contributed by atoms with van der Waals surface area (Å²) in [6, 6.07) is 23.2. The predicted octanol–water partition coefficient (Wildman–Crippen LogP) is 8.05. The van der Waals surface area contributed by atoms with Crippen LogP contribution >= 0.6 is 0 Å². The van der Waals surface area contributed by atoms with Gasteiger partial charge in [-0.05, 0) is 115 Å². The standard InChI is InChI=1S/C54H38N6O13S3/c1-28-23-33(24-29(2)53(28)72-75(66,67)47-13-7-10-39-36(47)17-20-42(59-56)51(39)62)49(32-15-22-44(45(27-32)70-5)71-74(64,65)46-12-6-9-38-35(46)16-19-41(58-55)50(38)61)34-25-30(3)54(31(4)26-34)73-76(68,69)48-14-8-11-40-37(48)18-21-43(60-57)52(40)63/h6-27,49H,1-5H3. The Bertz CT molecular complexity index is 4030. The van der Waals surface area contributed by atoms with Crippen LogP contribution < -0.4 is 17.3 Å². The van der Waals surface area contributed by atoms with E-state index in [0.717, 1.165) is 0 Å². The van der Waals surface area contributed by atoms with Gasteiger partial charge in [0, 0.05) is 57.5 Å². The number of carbonyl (C=O) groups excluding carboxylic acids is 3. The number of methoxy groups -OCH3 is 1. The van der Waals surface area contributed by atoms with Gasteiger partial charge in [0.05, 0.1) is 7.11 Å². The van der Waals surface area contributed by atoms with Crippen molar-refractivity contribution in [1.29, 1.82) is 0 Å². The average molecular weight is 1080 g/mol. The number of carbonyl (C=O) groups is 3. The largest absolute Gasteiger partial charge is 0.493 e. The Balaban J connectivity index is 1.13. The van der Waals surface area contributed by atoms with Crippen molar-refractivity contribution in [3.63, 3.8) is 0 Å². The quantitative estimate of drug-likeness (QED) is 0.0458. The monoisotopic (exact) mass is 1070 g/mol. The number of hydrogen-bond acceptors (Lipinski definition) is 13. The molecule has 0 radical (unpaired) electrons. The molecule has 3 aliphatic carbocycles. The maximum Gasteiger partial charge on any atom is 0.362 e. The van der Waals surface area contributed by atoms with E-state index in [1.807, 2.05) is 0 Å². The Labute approximate surface area is 434 Å². The van der Waals surface area contributed by atoms with Gasteiger partial charge >= 0.3 is 47.5 Å². The number of allylic oxidation sites excluding steroid dienone is 3. The van der Waals surface area contributed by atoms with Crippen molar-refractivity contribution in [2.75, 3.05) is 7.11 Å². The molecule has 0 aliphatic heterocycles. The molecular formula is C54H38N6O13S3. The number of aryl methyl sites for hydroxylation is 4. The number of ketones is 3. The zero-order valence-corrected chi connectivity index (χ0v) is 42.9. The molecule has 6 aromatic carbocycles. The molecule has 0 amide bonds. The molecule has 0 saturated carbocycles. The van der Waals surface area contributed by atoms with E-state index >= 15 is 0 Å². The minimum Gasteiger partial charge on any atom is -0.493 e. The molecule has 0 N–H and O–H groups in total. The number of nitrogens with zero attached hydrogens (tertiary/aromatic N) is 6. The molecular weight excluding hydrogens is 1040 g/mol. The van der Waals surface area contributed by atoms with Gasteiger partial charge in [-0.1, -0.05) is 66.7 Å². The third-order valence-corrected chi connectivity index (χ3v) is 16.6. The fraction of sp³-hybridized carbons (Fsp3) is 0.111. The minimum absolute atomic E-state index is 0.0100. The lowest BCUT2D eigenvalue weighted by molar-refractivity contribution is -0.00459. The third-order valence-electron chi connectivity index (χ3n) is 12.7. The number of ether oxygens (including phenoxy) is 1. The lowest BCUT2D eigenvalue weighted by Gasteiger charge is -2.24. The van der Waals surface area contributed by atoms with Gasteiger partial charge in [0.25, 0.3) is 17.3 Å². The Morgan fingerprint density at radius 3 is 1.09 bits per heavy atom. The highest BCUT2D eigenvalue weighted by atomic mass is 32.2. The molecule has 0 spiro atoms. The summed E-state index contributed by atoms with van der Waals surface area (Å²) in [5.74, 6) is -3.27. The lowest BCUT2D eigenvalue weighted by atomic mass is 9.82. The summed E-state index contributed by atoms with van der Waals surface area (Å²) < 4.78 is 107. The normalized spacial score (nSPS) is 14.2. The van der Waals surface area contributed by atoms with E-state index in [1.165, 1.54) is 110 Å². The fourth-order valence-corrected chi connectivity index (χ4v) is 13.0. The second-order valence-corrected chi connectivity index (χ2v) is 22.1. The van der Waals surface area contributed by atoms with Crippen molar-refractivity contribution in [3.8, 4) is 23.0 Å². The Morgan fingerprint density at radius 2 is 0.763 bits per heavy atom. The molecule has 0 fully saturated rings. The van der Waals surface area contributed by atoms with Crippen LogP contribution in [0.2, 0.25) is 0 Å². The van der Waals surface area contributed by atoms with Gasteiger partial charge in [-0.2, -0.15) is 39.6 Å². The number of Topliss-reactive ketones (excluding diaryl/α,β-unsaturated/α-hetero) is 3. The van der Waals surface area contributed by atoms with Gasteiger partial charge in [-0.15, -0.1) is 0 Å². The van der Waals surface area contributed by atoms with Crippen LogP contribution in [0.15, 0.2) is 130 Å². The Morgan fingerprint density at radius 1 is 0.421 bits per heavy atom. The van der Waals surface area contributed by atoms with Crippen molar-refractivity contribution in [3.05, 3.63) is 204 Å². The molecule has 9 rings (SSSR count). The van der Waals surface area contributed by atoms with E-state index in [0.29, 0.717) is 38.9 Å². The molecule has 76 heavy (non-hydrogen) atoms. The van der Waals surface area contributed by atoms with Crippen LogP contribution in [0.3, 0.4) is 0 Å². The van der Waals surface area contributed by atoms with Gasteiger partial charge in [0.1, 0.15) is 26.2 Å². The zero-order valence-electron chi connectivity index (χ0n) is 40.5. The number of hydrogen-bond donors (Lipinski definition) is 0. The highest BCUT2D eigenvalue weighted by Crippen LogP contribution is 2.43. The smallest absolute Gasteiger partial charge is 0.362 e. The highest BCUT2D eigenvalue weighted by Gasteiger charge is 2.36. The summed E-state index contributed by atoms with van der Waals surface area (Å²) in [4.78, 5) is 46.8. The number of fused-ring (bicyclic) bond motifs is 3. The van der Waals surface area contributed by atoms with Crippen LogP contribution in [0.1, 0.15) is 92.6 Å². The van der Waals surface area contributed by atoms with E-state index < -0.39 is 53.6 Å². The summed E-state index contributed by atoms with van der Waals surface area (Å²) >= 11 is 0. The average Bonchev–Trinajstić information content (AvgIpc) is 3.39. The highest BCUT2D eigenvalue weighted by molar-refractivity contribution is 7.87. The maximum absolute atomic E-state index is 14.1. The molecule has 22 heteroatoms. The van der Waals surface area contributed by atoms with Gasteiger partial charge in [-0.25, -0.2) is 0 Å². The van der Waals surface area contributed by atoms with Gasteiger partial charge in [-0.3, -0.25) is 14.4 Å². The molecule has 0 unspecified atom stereocenters. The van der Waals surface area contributed by atoms with Crippen molar-refractivity contribution in [2.24, 2.45) is 0 Å². The van der Waals surface area contributed by atoms with E-state index in [1.54, 1.807) is 58.0 Å². The summed E-state index contributed by atoms with van der Waals surface area (Å²) in [6.07, 6.45) is 7.52. The summed E-state index contributed by atoms with van der Waals surface area (Å²) in [5, 5.41) is 0. The van der Waals surface area contributed by atoms with Crippen LogP contribution in [-0.2, 0) is 30.4 Å². The summed E-state index contributed by atoms with van der Waals surface area (Å²) in [5.41, 5.74) is 30.0. The zero-order chi connectivity index (χ0) is 54.6. The van der Waals surface area contributed by atoms with Gasteiger partial charge < -0.3 is 33.9 Å². The van der Waals surface area contributed by atoms with Crippen LogP contribution in [-0.4, -0.2) is 81.2 Å². The first kappa shape index (κ1) is 51.6. The lowest BCUT2D eigenvalue weighted by Crippen LogP contribution is -2.21. The minimum atomic E-state index is -4.68. The molecule has 380 valence electrons. The molecule has 0 bridgehead atoms. The van der Waals surface area contributed by atoms with E-state index in [4.69, 9.17) is 17.3 Å². The Kier molecular flexibility index (Phi) is 13.3. The Hall–Kier alpha value is -9.26. The van der Waals surface area contributed by atoms with Gasteiger partial charge in [0.2, 0.25) is 0 Å². The molecule has 0 aromatic heterocycles. The second kappa shape index (κ2) is 19.5. The fourth-order valence-electron chi connectivity index (χ4n) is 9.31. The molecule has 6 aromatic rings. The molecule has 19 nitrogen and oxygen atoms in total. The van der Waals surface area contributed by atoms with E-state index in [2.05, 4.69) is 14.4 Å². The van der Waals surface area contributed by atoms with Crippen LogP contribution in [0.4, 0.5) is 0 Å². The maximum atomic E-state index is 14.1. The first-order valence-corrected chi connectivity index (χ1v) is 26.8. The third kappa shape index (κ3) is 9.13. The summed E-state index contributed by atoms with van der Waals surface area (Å²) in [7, 11) is -12.6. The SMILES string of the molecule is COc1cc(C(c2cc(C)c(OS(=O)(=O)c3cccc4c3C=CC(=[N+]=[N-])C4=O)c(C)c2)c2cc(C)c(OS(=O)(=O)c3cccc4c3C=CC(=[N+]=[N-])C4=O)c(C)c2)ccc1OS(=O)(=O)c1cccc2c1C=CC(=[N+]=[N-])C2=O. The summed E-state index contributed by atoms with van der Waals surface area (Å²) in [6.45, 7) is 6.49. The first-order chi connectivity index (χ1) is 36.1. The number of benzene rings is 6. The number of rotatable bonds is 13. The molecule has 0 atom stereocenters. The molecule has 3 aliphatic rings. The molecule has 0 heterocycles. The van der Waals surface area contributed by atoms with Crippen molar-refractivity contribution >= 4 is 83.1 Å². The van der Waals surface area contributed by atoms with Crippen molar-refractivity contribution in [2.45, 2.75) is 48.3 Å². The van der Waals surface area contributed by atoms with Crippen molar-refractivity contribution < 1.29 is 71.3 Å². The molecule has 0 saturated heterocycles. The van der Waals surface area contributed by atoms with Crippen LogP contribution in [0.5, 0.6) is 23.0 Å². The van der Waals surface area contributed by atoms with E-state index in [9.17, 15) is 56.2 Å². The van der Waals surface area contributed by atoms with Crippen LogP contribution in [0.25, 0.3) is 34.8 Å².